The van der Waals surface area contributed by atoms with Gasteiger partial charge in [0.15, 0.2) is 0 Å². The van der Waals surface area contributed by atoms with E-state index in [1.54, 1.807) is 0 Å². The maximum atomic E-state index is 6.25. The fraction of sp³-hybridized carbons (Fsp3) is 0.320. The molecule has 144 valence electrons. The molecule has 28 heavy (non-hydrogen) atoms. The van der Waals surface area contributed by atoms with Gasteiger partial charge in [-0.25, -0.2) is 0 Å². The van der Waals surface area contributed by atoms with E-state index in [1.165, 1.54) is 9.96 Å². The third-order valence-electron chi connectivity index (χ3n) is 5.20. The third kappa shape index (κ3) is 3.62. The minimum atomic E-state index is -2.00. The molecular formula is C25H29GeNO. The number of nitrogens with zero attached hydrogens (tertiary/aromatic N) is 1. The SMILES string of the molecule is CC(C)(C)Cc1cc(-c2cccc3c2oc2ccccc23)nc[c]1[Ge]([CH3])([CH3])[CH3]. The molecule has 0 unspecified atom stereocenters. The van der Waals surface area contributed by atoms with Crippen LogP contribution in [-0.4, -0.2) is 18.3 Å². The fourth-order valence-electron chi connectivity index (χ4n) is 3.99. The summed E-state index contributed by atoms with van der Waals surface area (Å²) in [4.78, 5) is 4.91. The molecule has 2 nitrogen and oxygen atoms in total. The normalized spacial score (nSPS) is 12.8. The van der Waals surface area contributed by atoms with Gasteiger partial charge in [-0.1, -0.05) is 0 Å². The van der Waals surface area contributed by atoms with E-state index in [0.29, 0.717) is 0 Å². The van der Waals surface area contributed by atoms with Gasteiger partial charge in [0.1, 0.15) is 0 Å². The van der Waals surface area contributed by atoms with Gasteiger partial charge >= 0.3 is 170 Å². The zero-order valence-corrected chi connectivity index (χ0v) is 19.9. The molecule has 2 aromatic heterocycles. The van der Waals surface area contributed by atoms with Crippen LogP contribution in [0.4, 0.5) is 0 Å². The molecule has 0 aliphatic rings. The minimum absolute atomic E-state index is 0.242. The van der Waals surface area contributed by atoms with Gasteiger partial charge in [-0.05, 0) is 0 Å². The van der Waals surface area contributed by atoms with Crippen LogP contribution in [0.25, 0.3) is 33.2 Å². The van der Waals surface area contributed by atoms with E-state index in [0.717, 1.165) is 39.6 Å². The van der Waals surface area contributed by atoms with Crippen molar-refractivity contribution in [2.75, 3.05) is 0 Å². The van der Waals surface area contributed by atoms with E-state index >= 15 is 0 Å². The molecule has 0 N–H and O–H groups in total. The molecule has 2 aromatic carbocycles. The van der Waals surface area contributed by atoms with Crippen LogP contribution in [0.1, 0.15) is 26.3 Å². The summed E-state index contributed by atoms with van der Waals surface area (Å²) < 4.78 is 7.76. The number of pyridine rings is 1. The Hall–Kier alpha value is -2.07. The second-order valence-corrected chi connectivity index (χ2v) is 20.6. The molecule has 0 atom stereocenters. The van der Waals surface area contributed by atoms with E-state index in [9.17, 15) is 0 Å². The molecule has 0 amide bonds. The van der Waals surface area contributed by atoms with Crippen molar-refractivity contribution >= 4 is 39.6 Å². The standard InChI is InChI=1S/C25H29GeNO/c1-25(2,3)15-17-14-22(27-16-21(17)26(4,5)6)20-12-9-11-19-18-10-7-8-13-23(18)28-24(19)20/h7-14,16H,15H2,1-6H3. The topological polar surface area (TPSA) is 26.0 Å². The summed E-state index contributed by atoms with van der Waals surface area (Å²) >= 11 is -2.00. The van der Waals surface area contributed by atoms with Crippen LogP contribution in [0.3, 0.4) is 0 Å². The molecule has 0 fully saturated rings. The van der Waals surface area contributed by atoms with Gasteiger partial charge < -0.3 is 0 Å². The predicted octanol–water partition coefficient (Wildman–Crippen LogP) is 6.78. The van der Waals surface area contributed by atoms with Gasteiger partial charge in [0.05, 0.1) is 0 Å². The van der Waals surface area contributed by atoms with Crippen molar-refractivity contribution in [1.82, 2.24) is 4.98 Å². The molecule has 0 spiro atoms. The first-order valence-corrected chi connectivity index (χ1v) is 17.4. The van der Waals surface area contributed by atoms with Crippen molar-refractivity contribution < 1.29 is 4.42 Å². The summed E-state index contributed by atoms with van der Waals surface area (Å²) in [6, 6.07) is 16.9. The summed E-state index contributed by atoms with van der Waals surface area (Å²) in [5.41, 5.74) is 5.66. The molecular weight excluding hydrogens is 403 g/mol. The predicted molar refractivity (Wildman–Crippen MR) is 123 cm³/mol. The van der Waals surface area contributed by atoms with Gasteiger partial charge in [0.2, 0.25) is 0 Å². The number of benzene rings is 2. The van der Waals surface area contributed by atoms with Gasteiger partial charge in [-0.2, -0.15) is 0 Å². The zero-order chi connectivity index (χ0) is 20.1. The molecule has 0 saturated carbocycles. The van der Waals surface area contributed by atoms with Crippen LogP contribution in [0.15, 0.2) is 59.1 Å². The molecule has 0 saturated heterocycles. The van der Waals surface area contributed by atoms with E-state index in [2.05, 4.69) is 80.6 Å². The molecule has 4 aromatic rings. The summed E-state index contributed by atoms with van der Waals surface area (Å²) in [7, 11) is 0. The van der Waals surface area contributed by atoms with Crippen molar-refractivity contribution in [3.8, 4) is 11.3 Å². The van der Waals surface area contributed by atoms with Crippen LogP contribution in [-0.2, 0) is 6.42 Å². The van der Waals surface area contributed by atoms with E-state index in [1.807, 2.05) is 12.1 Å². The Bertz CT molecular complexity index is 1160. The first-order valence-electron chi connectivity index (χ1n) is 10.0. The van der Waals surface area contributed by atoms with Crippen LogP contribution in [0.5, 0.6) is 0 Å². The Morgan fingerprint density at radius 3 is 2.36 bits per heavy atom. The van der Waals surface area contributed by atoms with Crippen molar-refractivity contribution in [3.05, 3.63) is 60.3 Å². The van der Waals surface area contributed by atoms with Crippen LogP contribution in [0.2, 0.25) is 17.3 Å². The summed E-state index contributed by atoms with van der Waals surface area (Å²) in [6.45, 7) is 6.94. The van der Waals surface area contributed by atoms with Gasteiger partial charge in [0.25, 0.3) is 0 Å². The number of hydrogen-bond donors (Lipinski definition) is 0. The molecule has 0 bridgehead atoms. The number of aromatic nitrogens is 1. The second kappa shape index (κ2) is 6.77. The quantitative estimate of drug-likeness (QED) is 0.334. The van der Waals surface area contributed by atoms with Crippen LogP contribution in [0, 0.1) is 5.41 Å². The fourth-order valence-corrected chi connectivity index (χ4v) is 7.29. The Morgan fingerprint density at radius 1 is 0.929 bits per heavy atom. The van der Waals surface area contributed by atoms with Crippen molar-refractivity contribution in [1.29, 1.82) is 0 Å². The van der Waals surface area contributed by atoms with Gasteiger partial charge in [0, 0.05) is 0 Å². The molecule has 0 aliphatic carbocycles. The number of rotatable bonds is 3. The molecule has 2 heterocycles. The average molecular weight is 432 g/mol. The van der Waals surface area contributed by atoms with E-state index in [4.69, 9.17) is 9.40 Å². The number of hydrogen-bond acceptors (Lipinski definition) is 2. The summed E-state index contributed by atoms with van der Waals surface area (Å²) in [6.07, 6.45) is 3.22. The molecule has 4 rings (SSSR count). The first kappa shape index (κ1) is 19.3. The van der Waals surface area contributed by atoms with Crippen LogP contribution < -0.4 is 4.40 Å². The van der Waals surface area contributed by atoms with Gasteiger partial charge in [-0.15, -0.1) is 0 Å². The summed E-state index contributed by atoms with van der Waals surface area (Å²) in [5.74, 6) is 7.34. The first-order chi connectivity index (χ1) is 13.1. The zero-order valence-electron chi connectivity index (χ0n) is 17.8. The molecule has 0 aliphatic heterocycles. The monoisotopic (exact) mass is 433 g/mol. The van der Waals surface area contributed by atoms with Crippen molar-refractivity contribution in [3.63, 3.8) is 0 Å². The Kier molecular flexibility index (Phi) is 4.66. The number of furan rings is 1. The second-order valence-electron chi connectivity index (χ2n) is 9.99. The van der Waals surface area contributed by atoms with Gasteiger partial charge in [-0.3, -0.25) is 0 Å². The maximum absolute atomic E-state index is 6.25. The Labute approximate surface area is 170 Å². The van der Waals surface area contributed by atoms with Crippen molar-refractivity contribution in [2.45, 2.75) is 44.5 Å². The van der Waals surface area contributed by atoms with Crippen LogP contribution >= 0.6 is 0 Å². The van der Waals surface area contributed by atoms with E-state index < -0.39 is 13.3 Å². The van der Waals surface area contributed by atoms with Crippen molar-refractivity contribution in [2.24, 2.45) is 5.41 Å². The number of fused-ring (bicyclic) bond motifs is 3. The molecule has 0 radical (unpaired) electrons. The number of para-hydroxylation sites is 2. The third-order valence-corrected chi connectivity index (χ3v) is 9.53. The summed E-state index contributed by atoms with van der Waals surface area (Å²) in [5, 5.41) is 2.32. The van der Waals surface area contributed by atoms with E-state index in [-0.39, 0.29) is 5.41 Å². The Morgan fingerprint density at radius 2 is 1.64 bits per heavy atom. The molecule has 3 heteroatoms. The Balaban J connectivity index is 1.93. The average Bonchev–Trinajstić information content (AvgIpc) is 2.98.